The van der Waals surface area contributed by atoms with Gasteiger partial charge in [0.2, 0.25) is 0 Å². The molecule has 0 amide bonds. The zero-order chi connectivity index (χ0) is 11.4. The molecule has 0 bridgehead atoms. The van der Waals surface area contributed by atoms with E-state index in [2.05, 4.69) is 11.9 Å². The maximum absolute atomic E-state index is 11.4. The molecule has 0 saturated heterocycles. The first-order valence-electron chi connectivity index (χ1n) is 4.93. The molecule has 0 aromatic carbocycles. The fourth-order valence-electron chi connectivity index (χ4n) is 0.955. The van der Waals surface area contributed by atoms with Crippen molar-refractivity contribution in [2.24, 2.45) is 5.92 Å². The Bertz CT molecular complexity index is 214. The van der Waals surface area contributed by atoms with E-state index in [0.717, 1.165) is 0 Å². The highest BCUT2D eigenvalue weighted by Crippen LogP contribution is 2.06. The van der Waals surface area contributed by atoms with Crippen LogP contribution in [0.15, 0.2) is 12.3 Å². The van der Waals surface area contributed by atoms with Crippen LogP contribution >= 0.6 is 0 Å². The van der Waals surface area contributed by atoms with Gasteiger partial charge < -0.3 is 10.4 Å². The Hall–Kier alpha value is -0.830. The summed E-state index contributed by atoms with van der Waals surface area (Å²) in [6.45, 7) is 11.4. The number of carbonyl (C=O) groups excluding carboxylic acids is 1. The summed E-state index contributed by atoms with van der Waals surface area (Å²) in [4.78, 5) is 11.4. The molecule has 0 aromatic rings. The first-order chi connectivity index (χ1) is 6.24. The molecule has 0 aromatic heterocycles. The molecule has 3 nitrogen and oxygen atoms in total. The molecule has 0 atom stereocenters. The van der Waals surface area contributed by atoms with E-state index < -0.39 is 5.60 Å². The van der Waals surface area contributed by atoms with E-state index in [9.17, 15) is 9.90 Å². The van der Waals surface area contributed by atoms with Gasteiger partial charge in [0.05, 0.1) is 11.3 Å². The quantitative estimate of drug-likeness (QED) is 0.637. The number of hydrogen-bond donors (Lipinski definition) is 2. The summed E-state index contributed by atoms with van der Waals surface area (Å²) in [5.41, 5.74) is -0.266. The van der Waals surface area contributed by atoms with Gasteiger partial charge in [-0.15, -0.1) is 0 Å². The molecule has 2 N–H and O–H groups in total. The molecule has 0 aliphatic heterocycles. The number of nitrogens with one attached hydrogen (secondary N) is 1. The minimum atomic E-state index is -0.700. The van der Waals surface area contributed by atoms with Crippen molar-refractivity contribution in [1.29, 1.82) is 0 Å². The molecular formula is C11H21NO2. The van der Waals surface area contributed by atoms with Crippen LogP contribution in [0.5, 0.6) is 0 Å². The van der Waals surface area contributed by atoms with Gasteiger partial charge in [0, 0.05) is 12.5 Å². The second kappa shape index (κ2) is 5.15. The predicted octanol–water partition coefficient (Wildman–Crippen LogP) is 1.48. The Labute approximate surface area is 86.2 Å². The van der Waals surface area contributed by atoms with Gasteiger partial charge in [0.15, 0.2) is 5.78 Å². The number of carbonyl (C=O) groups is 1. The molecule has 14 heavy (non-hydrogen) atoms. The monoisotopic (exact) mass is 199 g/mol. The second-order valence-electron chi connectivity index (χ2n) is 4.49. The third-order valence-corrected chi connectivity index (χ3v) is 1.90. The van der Waals surface area contributed by atoms with E-state index >= 15 is 0 Å². The fraction of sp³-hybridized carbons (Fsp3) is 0.727. The summed E-state index contributed by atoms with van der Waals surface area (Å²) in [7, 11) is 0. The normalized spacial score (nSPS) is 11.6. The highest BCUT2D eigenvalue weighted by Gasteiger charge is 2.14. The van der Waals surface area contributed by atoms with Crippen LogP contribution in [0.3, 0.4) is 0 Å². The first-order valence-corrected chi connectivity index (χ1v) is 4.93. The smallest absolute Gasteiger partial charge is 0.180 e. The highest BCUT2D eigenvalue weighted by molar-refractivity contribution is 5.95. The van der Waals surface area contributed by atoms with Crippen LogP contribution in [-0.2, 0) is 4.79 Å². The van der Waals surface area contributed by atoms with E-state index in [0.29, 0.717) is 18.7 Å². The first kappa shape index (κ1) is 13.2. The maximum Gasteiger partial charge on any atom is 0.180 e. The zero-order valence-electron chi connectivity index (χ0n) is 9.55. The number of Topliss-reactive ketones (excluding diaryl/α,β-unsaturated/α-hetero) is 1. The van der Waals surface area contributed by atoms with Gasteiger partial charge in [0.1, 0.15) is 0 Å². The summed E-state index contributed by atoms with van der Waals surface area (Å²) >= 11 is 0. The number of allylic oxidation sites excluding steroid dienone is 1. The van der Waals surface area contributed by atoms with Crippen LogP contribution in [0.25, 0.3) is 0 Å². The summed E-state index contributed by atoms with van der Waals surface area (Å²) in [6.07, 6.45) is 0.595. The summed E-state index contributed by atoms with van der Waals surface area (Å²) < 4.78 is 0. The van der Waals surface area contributed by atoms with Crippen LogP contribution in [0.2, 0.25) is 0 Å². The van der Waals surface area contributed by atoms with Crippen LogP contribution in [0.4, 0.5) is 0 Å². The Kier molecular flexibility index (Phi) is 4.85. The molecular weight excluding hydrogens is 178 g/mol. The van der Waals surface area contributed by atoms with Crippen molar-refractivity contribution in [2.75, 3.05) is 6.54 Å². The molecule has 0 fully saturated rings. The van der Waals surface area contributed by atoms with E-state index in [4.69, 9.17) is 0 Å². The molecule has 3 heteroatoms. The molecule has 0 aliphatic carbocycles. The SMILES string of the molecule is C=C(NCCC(C)(C)O)C(=O)C(C)C. The molecule has 0 saturated carbocycles. The summed E-state index contributed by atoms with van der Waals surface area (Å²) in [6, 6.07) is 0. The van der Waals surface area contributed by atoms with E-state index in [-0.39, 0.29) is 11.7 Å². The van der Waals surface area contributed by atoms with E-state index in [1.165, 1.54) is 0 Å². The van der Waals surface area contributed by atoms with Crippen molar-refractivity contribution >= 4 is 5.78 Å². The molecule has 0 aliphatic rings. The highest BCUT2D eigenvalue weighted by atomic mass is 16.3. The number of rotatable bonds is 6. The minimum absolute atomic E-state index is 0.0285. The van der Waals surface area contributed by atoms with Crippen molar-refractivity contribution in [1.82, 2.24) is 5.32 Å². The summed E-state index contributed by atoms with van der Waals surface area (Å²) in [5.74, 6) is -0.00196. The van der Waals surface area contributed by atoms with Crippen molar-refractivity contribution in [3.8, 4) is 0 Å². The maximum atomic E-state index is 11.4. The molecule has 0 radical (unpaired) electrons. The standard InChI is InChI=1S/C11H21NO2/c1-8(2)10(13)9(3)12-7-6-11(4,5)14/h8,12,14H,3,6-7H2,1-2,4-5H3. The average Bonchev–Trinajstić information content (AvgIpc) is 2.00. The van der Waals surface area contributed by atoms with Crippen LogP contribution in [0.1, 0.15) is 34.1 Å². The molecule has 0 unspecified atom stereocenters. The summed E-state index contributed by atoms with van der Waals surface area (Å²) in [5, 5.41) is 12.3. The van der Waals surface area contributed by atoms with Gasteiger partial charge in [0.25, 0.3) is 0 Å². The van der Waals surface area contributed by atoms with Crippen molar-refractivity contribution in [3.05, 3.63) is 12.3 Å². The lowest BCUT2D eigenvalue weighted by Crippen LogP contribution is -2.29. The van der Waals surface area contributed by atoms with E-state index in [1.807, 2.05) is 13.8 Å². The van der Waals surface area contributed by atoms with Gasteiger partial charge >= 0.3 is 0 Å². The molecule has 82 valence electrons. The van der Waals surface area contributed by atoms with Gasteiger partial charge in [-0.25, -0.2) is 0 Å². The van der Waals surface area contributed by atoms with Crippen LogP contribution in [-0.4, -0.2) is 23.0 Å². The lowest BCUT2D eigenvalue weighted by atomic mass is 10.0. The van der Waals surface area contributed by atoms with Crippen molar-refractivity contribution < 1.29 is 9.90 Å². The number of ketones is 1. The lowest BCUT2D eigenvalue weighted by Gasteiger charge is -2.18. The van der Waals surface area contributed by atoms with Gasteiger partial charge in [-0.2, -0.15) is 0 Å². The topological polar surface area (TPSA) is 49.3 Å². The third kappa shape index (κ3) is 5.75. The van der Waals surface area contributed by atoms with Crippen LogP contribution < -0.4 is 5.32 Å². The predicted molar refractivity (Wildman–Crippen MR) is 57.9 cm³/mol. The second-order valence-corrected chi connectivity index (χ2v) is 4.49. The van der Waals surface area contributed by atoms with Crippen molar-refractivity contribution in [2.45, 2.75) is 39.7 Å². The Morgan fingerprint density at radius 2 is 2.00 bits per heavy atom. The zero-order valence-corrected chi connectivity index (χ0v) is 9.55. The molecule has 0 rings (SSSR count). The lowest BCUT2D eigenvalue weighted by molar-refractivity contribution is -0.118. The molecule has 0 spiro atoms. The van der Waals surface area contributed by atoms with Crippen molar-refractivity contribution in [3.63, 3.8) is 0 Å². The minimum Gasteiger partial charge on any atom is -0.390 e. The van der Waals surface area contributed by atoms with Gasteiger partial charge in [-0.05, 0) is 20.3 Å². The van der Waals surface area contributed by atoms with Gasteiger partial charge in [-0.1, -0.05) is 20.4 Å². The van der Waals surface area contributed by atoms with Gasteiger partial charge in [-0.3, -0.25) is 4.79 Å². The number of aliphatic hydroxyl groups is 1. The largest absolute Gasteiger partial charge is 0.390 e. The third-order valence-electron chi connectivity index (χ3n) is 1.90. The van der Waals surface area contributed by atoms with Crippen LogP contribution in [0, 0.1) is 5.92 Å². The Balaban J connectivity index is 3.82. The Morgan fingerprint density at radius 3 is 2.36 bits per heavy atom. The van der Waals surface area contributed by atoms with E-state index in [1.54, 1.807) is 13.8 Å². The fourth-order valence-corrected chi connectivity index (χ4v) is 0.955. The molecule has 0 heterocycles. The number of hydrogen-bond acceptors (Lipinski definition) is 3. The average molecular weight is 199 g/mol. The Morgan fingerprint density at radius 1 is 1.50 bits per heavy atom.